The standard InChI is InChI=1S/C13H15NO3/c1-4-13(2)9-17-12(15)14(13)10-7-5-6-8-11(10)16-3/h4-8H,1,9H2,2-3H3/t13-/m0/s1. The summed E-state index contributed by atoms with van der Waals surface area (Å²) in [6.07, 6.45) is 1.33. The van der Waals surface area contributed by atoms with Crippen LogP contribution in [0.25, 0.3) is 0 Å². The molecule has 1 aromatic rings. The quantitative estimate of drug-likeness (QED) is 0.753. The Bertz CT molecular complexity index is 458. The summed E-state index contributed by atoms with van der Waals surface area (Å²) in [6, 6.07) is 7.35. The van der Waals surface area contributed by atoms with Crippen molar-refractivity contribution in [2.75, 3.05) is 18.6 Å². The van der Waals surface area contributed by atoms with Crippen LogP contribution in [0.4, 0.5) is 10.5 Å². The van der Waals surface area contributed by atoms with E-state index in [2.05, 4.69) is 6.58 Å². The first-order chi connectivity index (χ1) is 8.12. The van der Waals surface area contributed by atoms with Crippen molar-refractivity contribution in [3.8, 4) is 5.75 Å². The van der Waals surface area contributed by atoms with Gasteiger partial charge in [-0.05, 0) is 19.1 Å². The lowest BCUT2D eigenvalue weighted by atomic mass is 10.0. The molecule has 90 valence electrons. The van der Waals surface area contributed by atoms with Gasteiger partial charge in [-0.1, -0.05) is 18.2 Å². The van der Waals surface area contributed by atoms with Gasteiger partial charge >= 0.3 is 6.09 Å². The largest absolute Gasteiger partial charge is 0.495 e. The molecular weight excluding hydrogens is 218 g/mol. The fourth-order valence-electron chi connectivity index (χ4n) is 1.88. The van der Waals surface area contributed by atoms with Crippen LogP contribution in [0.3, 0.4) is 0 Å². The molecule has 0 unspecified atom stereocenters. The lowest BCUT2D eigenvalue weighted by Gasteiger charge is -2.29. The SMILES string of the molecule is C=C[C@@]1(C)COC(=O)N1c1ccccc1OC. The lowest BCUT2D eigenvalue weighted by Crippen LogP contribution is -2.43. The summed E-state index contributed by atoms with van der Waals surface area (Å²) in [5.41, 5.74) is 0.158. The Morgan fingerprint density at radius 1 is 1.53 bits per heavy atom. The Kier molecular flexibility index (Phi) is 2.79. The molecule has 17 heavy (non-hydrogen) atoms. The van der Waals surface area contributed by atoms with Crippen molar-refractivity contribution in [1.29, 1.82) is 0 Å². The molecule has 1 atom stereocenters. The van der Waals surface area contributed by atoms with Crippen LogP contribution in [0.15, 0.2) is 36.9 Å². The minimum Gasteiger partial charge on any atom is -0.495 e. The monoisotopic (exact) mass is 233 g/mol. The van der Waals surface area contributed by atoms with Gasteiger partial charge in [0.2, 0.25) is 0 Å². The summed E-state index contributed by atoms with van der Waals surface area (Å²) >= 11 is 0. The van der Waals surface area contributed by atoms with E-state index in [-0.39, 0.29) is 6.09 Å². The number of anilines is 1. The lowest BCUT2D eigenvalue weighted by molar-refractivity contribution is 0.176. The van der Waals surface area contributed by atoms with E-state index < -0.39 is 5.54 Å². The van der Waals surface area contributed by atoms with Crippen molar-refractivity contribution in [2.45, 2.75) is 12.5 Å². The molecular formula is C13H15NO3. The van der Waals surface area contributed by atoms with Gasteiger partial charge in [0.25, 0.3) is 0 Å². The summed E-state index contributed by atoms with van der Waals surface area (Å²) in [7, 11) is 1.57. The normalized spacial score (nSPS) is 23.4. The number of carbonyl (C=O) groups excluding carboxylic acids is 1. The number of cyclic esters (lactones) is 1. The zero-order valence-corrected chi connectivity index (χ0v) is 9.97. The second-order valence-electron chi connectivity index (χ2n) is 4.12. The fraction of sp³-hybridized carbons (Fsp3) is 0.308. The van der Waals surface area contributed by atoms with Gasteiger partial charge in [-0.3, -0.25) is 4.90 Å². The molecule has 1 saturated heterocycles. The molecule has 1 aliphatic rings. The van der Waals surface area contributed by atoms with Crippen molar-refractivity contribution < 1.29 is 14.3 Å². The Hall–Kier alpha value is -1.97. The van der Waals surface area contributed by atoms with Crippen LogP contribution < -0.4 is 9.64 Å². The van der Waals surface area contributed by atoms with E-state index in [4.69, 9.17) is 9.47 Å². The molecule has 2 rings (SSSR count). The average Bonchev–Trinajstić information content (AvgIpc) is 2.66. The van der Waals surface area contributed by atoms with Gasteiger partial charge < -0.3 is 9.47 Å². The number of nitrogens with zero attached hydrogens (tertiary/aromatic N) is 1. The molecule has 1 aromatic carbocycles. The van der Waals surface area contributed by atoms with E-state index in [1.54, 1.807) is 18.1 Å². The van der Waals surface area contributed by atoms with Gasteiger partial charge in [-0.2, -0.15) is 0 Å². The zero-order valence-electron chi connectivity index (χ0n) is 9.97. The smallest absolute Gasteiger partial charge is 0.415 e. The van der Waals surface area contributed by atoms with Crippen molar-refractivity contribution in [3.05, 3.63) is 36.9 Å². The summed E-state index contributed by atoms with van der Waals surface area (Å²) in [5.74, 6) is 0.638. The highest BCUT2D eigenvalue weighted by Gasteiger charge is 2.43. The number of amides is 1. The van der Waals surface area contributed by atoms with E-state index in [1.807, 2.05) is 31.2 Å². The van der Waals surface area contributed by atoms with Crippen molar-refractivity contribution in [1.82, 2.24) is 0 Å². The molecule has 0 aliphatic carbocycles. The van der Waals surface area contributed by atoms with Crippen LogP contribution in [0, 0.1) is 0 Å². The number of ether oxygens (including phenoxy) is 2. The molecule has 0 spiro atoms. The highest BCUT2D eigenvalue weighted by molar-refractivity contribution is 5.93. The summed E-state index contributed by atoms with van der Waals surface area (Å²) < 4.78 is 10.3. The fourth-order valence-corrected chi connectivity index (χ4v) is 1.88. The van der Waals surface area contributed by atoms with Crippen LogP contribution in [0.5, 0.6) is 5.75 Å². The number of hydrogen-bond acceptors (Lipinski definition) is 3. The second-order valence-corrected chi connectivity index (χ2v) is 4.12. The maximum Gasteiger partial charge on any atom is 0.415 e. The number of hydrogen-bond donors (Lipinski definition) is 0. The average molecular weight is 233 g/mol. The molecule has 4 nitrogen and oxygen atoms in total. The first-order valence-electron chi connectivity index (χ1n) is 5.36. The summed E-state index contributed by atoms with van der Waals surface area (Å²) in [4.78, 5) is 13.4. The Balaban J connectivity index is 2.50. The Morgan fingerprint density at radius 3 is 2.88 bits per heavy atom. The number of benzene rings is 1. The van der Waals surface area contributed by atoms with Gasteiger partial charge in [0.1, 0.15) is 17.9 Å². The third kappa shape index (κ3) is 1.75. The van der Waals surface area contributed by atoms with E-state index in [0.29, 0.717) is 18.0 Å². The van der Waals surface area contributed by atoms with E-state index in [9.17, 15) is 4.79 Å². The molecule has 1 aliphatic heterocycles. The third-order valence-electron chi connectivity index (χ3n) is 2.95. The topological polar surface area (TPSA) is 38.8 Å². The van der Waals surface area contributed by atoms with E-state index in [1.165, 1.54) is 0 Å². The molecule has 0 aromatic heterocycles. The molecule has 0 bridgehead atoms. The van der Waals surface area contributed by atoms with Crippen LogP contribution >= 0.6 is 0 Å². The molecule has 0 saturated carbocycles. The van der Waals surface area contributed by atoms with Crippen LogP contribution in [0.1, 0.15) is 6.92 Å². The van der Waals surface area contributed by atoms with Crippen LogP contribution in [0.2, 0.25) is 0 Å². The molecule has 0 radical (unpaired) electrons. The highest BCUT2D eigenvalue weighted by atomic mass is 16.6. The summed E-state index contributed by atoms with van der Waals surface area (Å²) in [5, 5.41) is 0. The number of carbonyl (C=O) groups is 1. The molecule has 1 amide bonds. The second kappa shape index (κ2) is 4.13. The van der Waals surface area contributed by atoms with Gasteiger partial charge in [0.15, 0.2) is 0 Å². The van der Waals surface area contributed by atoms with Gasteiger partial charge in [0, 0.05) is 0 Å². The van der Waals surface area contributed by atoms with Gasteiger partial charge in [0.05, 0.1) is 12.8 Å². The van der Waals surface area contributed by atoms with Crippen molar-refractivity contribution in [2.24, 2.45) is 0 Å². The molecule has 1 heterocycles. The van der Waals surface area contributed by atoms with Crippen molar-refractivity contribution >= 4 is 11.8 Å². The molecule has 4 heteroatoms. The van der Waals surface area contributed by atoms with Gasteiger partial charge in [-0.15, -0.1) is 6.58 Å². The van der Waals surface area contributed by atoms with Gasteiger partial charge in [-0.25, -0.2) is 4.79 Å². The first-order valence-corrected chi connectivity index (χ1v) is 5.36. The number of methoxy groups -OCH3 is 1. The maximum absolute atomic E-state index is 11.8. The van der Waals surface area contributed by atoms with Crippen LogP contribution in [-0.2, 0) is 4.74 Å². The Labute approximate surface area is 100 Å². The Morgan fingerprint density at radius 2 is 2.24 bits per heavy atom. The minimum atomic E-state index is -0.536. The number of rotatable bonds is 3. The first kappa shape index (κ1) is 11.5. The van der Waals surface area contributed by atoms with E-state index >= 15 is 0 Å². The minimum absolute atomic E-state index is 0.299. The number of para-hydroxylation sites is 2. The zero-order chi connectivity index (χ0) is 12.5. The summed E-state index contributed by atoms with van der Waals surface area (Å²) in [6.45, 7) is 5.96. The van der Waals surface area contributed by atoms with Crippen LogP contribution in [-0.4, -0.2) is 25.3 Å². The maximum atomic E-state index is 11.8. The van der Waals surface area contributed by atoms with E-state index in [0.717, 1.165) is 0 Å². The molecule has 0 N–H and O–H groups in total. The predicted octanol–water partition coefficient (Wildman–Crippen LogP) is 2.60. The third-order valence-corrected chi connectivity index (χ3v) is 2.95. The predicted molar refractivity (Wildman–Crippen MR) is 65.4 cm³/mol. The highest BCUT2D eigenvalue weighted by Crippen LogP contribution is 2.37. The van der Waals surface area contributed by atoms with Crippen molar-refractivity contribution in [3.63, 3.8) is 0 Å². The molecule has 1 fully saturated rings.